The van der Waals surface area contributed by atoms with Gasteiger partial charge in [-0.2, -0.15) is 0 Å². The molecule has 2 aromatic carbocycles. The molecule has 3 rings (SSSR count). The maximum atomic E-state index is 12.1. The SMILES string of the molecule is Cc1nc(-c2ccc(NC(=O)CCNC(=O)N(C)Cc3ccccc3)cc2)cs1. The van der Waals surface area contributed by atoms with Gasteiger partial charge in [0.15, 0.2) is 0 Å². The van der Waals surface area contributed by atoms with Gasteiger partial charge in [-0.05, 0) is 24.6 Å². The zero-order valence-electron chi connectivity index (χ0n) is 16.5. The van der Waals surface area contributed by atoms with Crippen LogP contribution in [0.15, 0.2) is 60.0 Å². The highest BCUT2D eigenvalue weighted by atomic mass is 32.1. The number of aryl methyl sites for hydroxylation is 1. The van der Waals surface area contributed by atoms with Gasteiger partial charge in [0.25, 0.3) is 0 Å². The van der Waals surface area contributed by atoms with Crippen molar-refractivity contribution in [1.82, 2.24) is 15.2 Å². The lowest BCUT2D eigenvalue weighted by atomic mass is 10.1. The minimum absolute atomic E-state index is 0.145. The van der Waals surface area contributed by atoms with E-state index in [1.54, 1.807) is 23.3 Å². The van der Waals surface area contributed by atoms with Crippen LogP contribution in [0.2, 0.25) is 0 Å². The van der Waals surface area contributed by atoms with Crippen molar-refractivity contribution in [1.29, 1.82) is 0 Å². The summed E-state index contributed by atoms with van der Waals surface area (Å²) in [4.78, 5) is 30.3. The summed E-state index contributed by atoms with van der Waals surface area (Å²) >= 11 is 1.61. The van der Waals surface area contributed by atoms with Crippen LogP contribution in [0.25, 0.3) is 11.3 Å². The molecule has 0 aliphatic heterocycles. The van der Waals surface area contributed by atoms with Crippen molar-refractivity contribution < 1.29 is 9.59 Å². The number of anilines is 1. The Hall–Kier alpha value is -3.19. The standard InChI is InChI=1S/C22H24N4O2S/c1-16-24-20(15-29-16)18-8-10-19(11-9-18)25-21(27)12-13-23-22(28)26(2)14-17-6-4-3-5-7-17/h3-11,15H,12-14H2,1-2H3,(H,23,28)(H,25,27). The molecule has 6 nitrogen and oxygen atoms in total. The summed E-state index contributed by atoms with van der Waals surface area (Å²) < 4.78 is 0. The summed E-state index contributed by atoms with van der Waals surface area (Å²) in [6, 6.07) is 17.1. The Morgan fingerprint density at radius 3 is 2.45 bits per heavy atom. The van der Waals surface area contributed by atoms with Gasteiger partial charge in [-0.15, -0.1) is 11.3 Å². The maximum absolute atomic E-state index is 12.1. The van der Waals surface area contributed by atoms with Crippen molar-refractivity contribution in [2.75, 3.05) is 18.9 Å². The number of carbonyl (C=O) groups is 2. The van der Waals surface area contributed by atoms with Crippen molar-refractivity contribution in [3.63, 3.8) is 0 Å². The topological polar surface area (TPSA) is 74.3 Å². The second-order valence-corrected chi connectivity index (χ2v) is 7.76. The lowest BCUT2D eigenvalue weighted by molar-refractivity contribution is -0.116. The second kappa shape index (κ2) is 9.84. The van der Waals surface area contributed by atoms with Crippen molar-refractivity contribution in [3.8, 4) is 11.3 Å². The summed E-state index contributed by atoms with van der Waals surface area (Å²) in [7, 11) is 1.73. The monoisotopic (exact) mass is 408 g/mol. The molecule has 0 radical (unpaired) electrons. The summed E-state index contributed by atoms with van der Waals surface area (Å²) in [5.74, 6) is -0.145. The van der Waals surface area contributed by atoms with E-state index >= 15 is 0 Å². The predicted octanol–water partition coefficient (Wildman–Crippen LogP) is 4.29. The molecule has 29 heavy (non-hydrogen) atoms. The number of amides is 3. The molecule has 0 saturated heterocycles. The Bertz CT molecular complexity index is 954. The van der Waals surface area contributed by atoms with Gasteiger partial charge >= 0.3 is 6.03 Å². The largest absolute Gasteiger partial charge is 0.337 e. The molecule has 7 heteroatoms. The van der Waals surface area contributed by atoms with Gasteiger partial charge in [-0.25, -0.2) is 9.78 Å². The summed E-state index contributed by atoms with van der Waals surface area (Å²) in [6.07, 6.45) is 0.206. The first-order chi connectivity index (χ1) is 14.0. The molecule has 0 atom stereocenters. The minimum atomic E-state index is -0.204. The molecule has 3 amide bonds. The fourth-order valence-electron chi connectivity index (χ4n) is 2.79. The zero-order valence-corrected chi connectivity index (χ0v) is 17.3. The lowest BCUT2D eigenvalue weighted by Crippen LogP contribution is -2.38. The van der Waals surface area contributed by atoms with Crippen LogP contribution >= 0.6 is 11.3 Å². The van der Waals surface area contributed by atoms with Crippen molar-refractivity contribution in [2.24, 2.45) is 0 Å². The van der Waals surface area contributed by atoms with Crippen LogP contribution in [0.1, 0.15) is 17.0 Å². The molecule has 1 aromatic heterocycles. The highest BCUT2D eigenvalue weighted by Gasteiger charge is 2.10. The van der Waals surface area contributed by atoms with E-state index in [0.29, 0.717) is 6.54 Å². The molecule has 1 heterocycles. The van der Waals surface area contributed by atoms with Crippen LogP contribution in [0.3, 0.4) is 0 Å². The number of nitrogens with zero attached hydrogens (tertiary/aromatic N) is 2. The van der Waals surface area contributed by atoms with Crippen molar-refractivity contribution >= 4 is 29.0 Å². The Labute approximate surface area is 174 Å². The molecule has 0 aliphatic rings. The van der Waals surface area contributed by atoms with Gasteiger partial charge < -0.3 is 15.5 Å². The molecule has 0 fully saturated rings. The third-order valence-corrected chi connectivity index (χ3v) is 5.09. The number of urea groups is 1. The van der Waals surface area contributed by atoms with E-state index in [9.17, 15) is 9.59 Å². The molecule has 0 spiro atoms. The third kappa shape index (κ3) is 6.15. The van der Waals surface area contributed by atoms with Gasteiger partial charge in [-0.3, -0.25) is 4.79 Å². The first-order valence-electron chi connectivity index (χ1n) is 9.36. The number of hydrogen-bond acceptors (Lipinski definition) is 4. The summed E-state index contributed by atoms with van der Waals surface area (Å²) in [5.41, 5.74) is 3.73. The number of carbonyl (C=O) groups excluding carboxylic acids is 2. The number of rotatable bonds is 7. The smallest absolute Gasteiger partial charge is 0.317 e. The Morgan fingerprint density at radius 1 is 1.07 bits per heavy atom. The van der Waals surface area contributed by atoms with E-state index in [1.807, 2.05) is 66.9 Å². The highest BCUT2D eigenvalue weighted by molar-refractivity contribution is 7.09. The van der Waals surface area contributed by atoms with Gasteiger partial charge in [0, 0.05) is 43.2 Å². The molecular formula is C22H24N4O2S. The van der Waals surface area contributed by atoms with E-state index in [1.165, 1.54) is 0 Å². The Balaban J connectivity index is 1.41. The molecule has 0 aliphatic carbocycles. The average Bonchev–Trinajstić information content (AvgIpc) is 3.15. The fourth-order valence-corrected chi connectivity index (χ4v) is 3.41. The fraction of sp³-hybridized carbons (Fsp3) is 0.227. The molecule has 2 N–H and O–H groups in total. The predicted molar refractivity (Wildman–Crippen MR) is 117 cm³/mol. The number of thiazole rings is 1. The van der Waals surface area contributed by atoms with Crippen LogP contribution in [0.5, 0.6) is 0 Å². The number of benzene rings is 2. The quantitative estimate of drug-likeness (QED) is 0.612. The maximum Gasteiger partial charge on any atom is 0.317 e. The van der Waals surface area contributed by atoms with E-state index in [0.717, 1.165) is 27.5 Å². The van der Waals surface area contributed by atoms with Crippen molar-refractivity contribution in [3.05, 3.63) is 70.5 Å². The third-order valence-electron chi connectivity index (χ3n) is 4.32. The van der Waals surface area contributed by atoms with Crippen LogP contribution < -0.4 is 10.6 Å². The Kier molecular flexibility index (Phi) is 6.97. The van der Waals surface area contributed by atoms with Gasteiger partial charge in [0.05, 0.1) is 10.7 Å². The van der Waals surface area contributed by atoms with Gasteiger partial charge in [-0.1, -0.05) is 42.5 Å². The zero-order chi connectivity index (χ0) is 20.6. The molecule has 150 valence electrons. The summed E-state index contributed by atoms with van der Waals surface area (Å²) in [6.45, 7) is 2.77. The van der Waals surface area contributed by atoms with Crippen LogP contribution in [0.4, 0.5) is 10.5 Å². The molecule has 0 unspecified atom stereocenters. The van der Waals surface area contributed by atoms with Crippen LogP contribution in [-0.4, -0.2) is 35.4 Å². The van der Waals surface area contributed by atoms with E-state index in [4.69, 9.17) is 0 Å². The average molecular weight is 409 g/mol. The van der Waals surface area contributed by atoms with E-state index in [-0.39, 0.29) is 24.9 Å². The second-order valence-electron chi connectivity index (χ2n) is 6.70. The minimum Gasteiger partial charge on any atom is -0.337 e. The van der Waals surface area contributed by atoms with Gasteiger partial charge in [0.1, 0.15) is 0 Å². The van der Waals surface area contributed by atoms with Crippen molar-refractivity contribution in [2.45, 2.75) is 19.9 Å². The molecular weight excluding hydrogens is 384 g/mol. The molecule has 0 bridgehead atoms. The normalized spacial score (nSPS) is 10.4. The van der Waals surface area contributed by atoms with Crippen LogP contribution in [-0.2, 0) is 11.3 Å². The lowest BCUT2D eigenvalue weighted by Gasteiger charge is -2.18. The first kappa shape index (κ1) is 20.5. The summed E-state index contributed by atoms with van der Waals surface area (Å²) in [5, 5.41) is 8.65. The Morgan fingerprint density at radius 2 is 1.79 bits per heavy atom. The number of nitrogens with one attached hydrogen (secondary N) is 2. The molecule has 3 aromatic rings. The molecule has 0 saturated carbocycles. The first-order valence-corrected chi connectivity index (χ1v) is 10.2. The van der Waals surface area contributed by atoms with Crippen LogP contribution in [0, 0.1) is 6.92 Å². The number of hydrogen-bond donors (Lipinski definition) is 2. The number of aromatic nitrogens is 1. The highest BCUT2D eigenvalue weighted by Crippen LogP contribution is 2.23. The van der Waals surface area contributed by atoms with Gasteiger partial charge in [0.2, 0.25) is 5.91 Å². The van der Waals surface area contributed by atoms with E-state index in [2.05, 4.69) is 15.6 Å². The van der Waals surface area contributed by atoms with E-state index < -0.39 is 0 Å².